The minimum atomic E-state index is -1.10. The Balaban J connectivity index is 3.33. The summed E-state index contributed by atoms with van der Waals surface area (Å²) in [5, 5.41) is 3.71. The Morgan fingerprint density at radius 2 is 1.31 bits per heavy atom. The molecule has 7 heteroatoms. The Bertz CT molecular complexity index is 148. The third kappa shape index (κ3) is 6.88. The molecule has 0 aromatic carbocycles. The summed E-state index contributed by atoms with van der Waals surface area (Å²) < 4.78 is 8.53. The number of hydrogen-bond donors (Lipinski definition) is 0. The molecule has 0 saturated carbocycles. The molecule has 7 nitrogen and oxygen atoms in total. The second-order valence-corrected chi connectivity index (χ2v) is 1.60. The maximum atomic E-state index is 10.4. The zero-order valence-corrected chi connectivity index (χ0v) is 7.27. The van der Waals surface area contributed by atoms with E-state index in [2.05, 4.69) is 24.3 Å². The molecular weight excluding hydrogens is 184 g/mol. The standard InChI is InChI=1S/C6H10O7/c1-3-9-5(7)11-13-12-6(8)10-4-2/h3-4H2,1-2H3. The van der Waals surface area contributed by atoms with Crippen molar-refractivity contribution in [3.05, 3.63) is 0 Å². The van der Waals surface area contributed by atoms with E-state index in [4.69, 9.17) is 0 Å². The van der Waals surface area contributed by atoms with Crippen LogP contribution in [-0.2, 0) is 24.3 Å². The smallest absolute Gasteiger partial charge is 0.433 e. The van der Waals surface area contributed by atoms with Crippen LogP contribution in [0.15, 0.2) is 0 Å². The Hall–Kier alpha value is -1.50. The molecule has 0 fully saturated rings. The van der Waals surface area contributed by atoms with Gasteiger partial charge in [0.25, 0.3) is 0 Å². The molecule has 0 aromatic heterocycles. The van der Waals surface area contributed by atoms with Crippen molar-refractivity contribution in [1.29, 1.82) is 0 Å². The van der Waals surface area contributed by atoms with Crippen molar-refractivity contribution in [2.45, 2.75) is 13.8 Å². The molecule has 13 heavy (non-hydrogen) atoms. The van der Waals surface area contributed by atoms with Crippen LogP contribution in [0.1, 0.15) is 13.8 Å². The van der Waals surface area contributed by atoms with Crippen LogP contribution in [0.25, 0.3) is 0 Å². The van der Waals surface area contributed by atoms with Gasteiger partial charge in [0.1, 0.15) is 0 Å². The molecule has 76 valence electrons. The van der Waals surface area contributed by atoms with Crippen LogP contribution in [0.5, 0.6) is 0 Å². The lowest BCUT2D eigenvalue weighted by Crippen LogP contribution is -2.12. The molecule has 0 spiro atoms. The highest BCUT2D eigenvalue weighted by Crippen LogP contribution is 1.90. The zero-order valence-electron chi connectivity index (χ0n) is 7.27. The molecule has 0 radical (unpaired) electrons. The number of carbonyl (C=O) groups is 2. The van der Waals surface area contributed by atoms with Crippen LogP contribution < -0.4 is 0 Å². The molecule has 0 bridgehead atoms. The molecule has 0 aliphatic carbocycles. The van der Waals surface area contributed by atoms with Gasteiger partial charge >= 0.3 is 12.3 Å². The van der Waals surface area contributed by atoms with Gasteiger partial charge in [0.05, 0.1) is 18.3 Å². The largest absolute Gasteiger partial charge is 0.543 e. The summed E-state index contributed by atoms with van der Waals surface area (Å²) in [6.45, 7) is 3.41. The number of hydrogen-bond acceptors (Lipinski definition) is 7. The molecule has 0 N–H and O–H groups in total. The maximum Gasteiger partial charge on any atom is 0.543 e. The van der Waals surface area contributed by atoms with Gasteiger partial charge in [0.2, 0.25) is 0 Å². The van der Waals surface area contributed by atoms with E-state index in [1.165, 1.54) is 0 Å². The van der Waals surface area contributed by atoms with Crippen molar-refractivity contribution in [3.63, 3.8) is 0 Å². The fraction of sp³-hybridized carbons (Fsp3) is 0.667. The molecule has 0 unspecified atom stereocenters. The van der Waals surface area contributed by atoms with Crippen LogP contribution in [0.4, 0.5) is 9.59 Å². The molecule has 0 atom stereocenters. The summed E-state index contributed by atoms with van der Waals surface area (Å²) in [5.74, 6) is 0. The van der Waals surface area contributed by atoms with Gasteiger partial charge in [0, 0.05) is 0 Å². The summed E-state index contributed by atoms with van der Waals surface area (Å²) in [7, 11) is 0. The molecule has 0 heterocycles. The van der Waals surface area contributed by atoms with Gasteiger partial charge in [-0.15, -0.1) is 0 Å². The van der Waals surface area contributed by atoms with Crippen LogP contribution in [0.2, 0.25) is 0 Å². The Kier molecular flexibility index (Phi) is 6.34. The molecule has 0 aromatic rings. The number of ether oxygens (including phenoxy) is 2. The van der Waals surface area contributed by atoms with E-state index in [-0.39, 0.29) is 13.2 Å². The van der Waals surface area contributed by atoms with Crippen LogP contribution >= 0.6 is 0 Å². The lowest BCUT2D eigenvalue weighted by Gasteiger charge is -2.01. The quantitative estimate of drug-likeness (QED) is 0.377. The molecule has 0 aliphatic rings. The number of carbonyl (C=O) groups excluding carboxylic acids is 2. The van der Waals surface area contributed by atoms with Gasteiger partial charge in [-0.05, 0) is 13.8 Å². The van der Waals surface area contributed by atoms with E-state index in [9.17, 15) is 9.59 Å². The third-order valence-corrected chi connectivity index (χ3v) is 0.729. The molecule has 0 rings (SSSR count). The average molecular weight is 194 g/mol. The summed E-state index contributed by atoms with van der Waals surface area (Å²) in [6.07, 6.45) is -2.21. The SMILES string of the molecule is CCOC(=O)OOOC(=O)OCC. The van der Waals surface area contributed by atoms with E-state index < -0.39 is 12.3 Å². The second-order valence-electron chi connectivity index (χ2n) is 1.60. The summed E-state index contributed by atoms with van der Waals surface area (Å²) >= 11 is 0. The number of rotatable bonds is 4. The van der Waals surface area contributed by atoms with Crippen molar-refractivity contribution in [2.24, 2.45) is 0 Å². The normalized spacial score (nSPS) is 8.77. The first-order chi connectivity index (χ1) is 6.20. The topological polar surface area (TPSA) is 80.3 Å². The molecule has 0 amide bonds. The highest BCUT2D eigenvalue weighted by atomic mass is 17.5. The van der Waals surface area contributed by atoms with Crippen molar-refractivity contribution >= 4 is 12.3 Å². The van der Waals surface area contributed by atoms with Gasteiger partial charge in [0.15, 0.2) is 0 Å². The van der Waals surface area contributed by atoms with Gasteiger partial charge < -0.3 is 9.47 Å². The second kappa shape index (κ2) is 7.17. The van der Waals surface area contributed by atoms with Crippen molar-refractivity contribution in [1.82, 2.24) is 0 Å². The van der Waals surface area contributed by atoms with E-state index in [0.717, 1.165) is 0 Å². The minimum Gasteiger partial charge on any atom is -0.433 e. The predicted molar refractivity (Wildman–Crippen MR) is 37.3 cm³/mol. The highest BCUT2D eigenvalue weighted by Gasteiger charge is 2.08. The molecule has 0 saturated heterocycles. The van der Waals surface area contributed by atoms with E-state index in [1.54, 1.807) is 13.8 Å². The first kappa shape index (κ1) is 11.5. The van der Waals surface area contributed by atoms with Gasteiger partial charge in [-0.2, -0.15) is 0 Å². The van der Waals surface area contributed by atoms with Crippen molar-refractivity contribution in [3.8, 4) is 0 Å². The fourth-order valence-corrected chi connectivity index (χ4v) is 0.356. The van der Waals surface area contributed by atoms with Gasteiger partial charge in [-0.25, -0.2) is 19.4 Å². The summed E-state index contributed by atoms with van der Waals surface area (Å²) in [4.78, 5) is 28.4. The van der Waals surface area contributed by atoms with Crippen LogP contribution in [0, 0.1) is 0 Å². The Labute approximate surface area is 74.3 Å². The first-order valence-corrected chi connectivity index (χ1v) is 3.55. The van der Waals surface area contributed by atoms with Crippen LogP contribution in [0.3, 0.4) is 0 Å². The Morgan fingerprint density at radius 3 is 1.62 bits per heavy atom. The Morgan fingerprint density at radius 1 is 0.923 bits per heavy atom. The maximum absolute atomic E-state index is 10.4. The fourth-order valence-electron chi connectivity index (χ4n) is 0.356. The van der Waals surface area contributed by atoms with Crippen molar-refractivity contribution in [2.75, 3.05) is 13.2 Å². The van der Waals surface area contributed by atoms with E-state index >= 15 is 0 Å². The molecule has 0 aliphatic heterocycles. The van der Waals surface area contributed by atoms with Gasteiger partial charge in [-0.3, -0.25) is 0 Å². The van der Waals surface area contributed by atoms with Crippen molar-refractivity contribution < 1.29 is 33.9 Å². The molecular formula is C6H10O7. The minimum absolute atomic E-state index is 0.127. The highest BCUT2D eigenvalue weighted by molar-refractivity contribution is 5.60. The summed E-state index contributed by atoms with van der Waals surface area (Å²) in [6, 6.07) is 0. The average Bonchev–Trinajstić information content (AvgIpc) is 2.05. The third-order valence-electron chi connectivity index (χ3n) is 0.729. The van der Waals surface area contributed by atoms with Gasteiger partial charge in [-0.1, -0.05) is 0 Å². The lowest BCUT2D eigenvalue weighted by atomic mass is 10.9. The van der Waals surface area contributed by atoms with Crippen LogP contribution in [-0.4, -0.2) is 25.5 Å². The van der Waals surface area contributed by atoms with E-state index in [1.807, 2.05) is 0 Å². The summed E-state index contributed by atoms with van der Waals surface area (Å²) in [5.41, 5.74) is 0. The predicted octanol–water partition coefficient (Wildman–Crippen LogP) is 1.18. The zero-order chi connectivity index (χ0) is 10.1. The lowest BCUT2D eigenvalue weighted by molar-refractivity contribution is -0.458. The first-order valence-electron chi connectivity index (χ1n) is 3.55. The monoisotopic (exact) mass is 194 g/mol. The van der Waals surface area contributed by atoms with E-state index in [0.29, 0.717) is 0 Å².